The highest BCUT2D eigenvalue weighted by Gasteiger charge is 2.21. The molecule has 3 heteroatoms. The van der Waals surface area contributed by atoms with Gasteiger partial charge in [0.1, 0.15) is 0 Å². The number of aliphatic hydroxyl groups excluding tert-OH is 1. The summed E-state index contributed by atoms with van der Waals surface area (Å²) in [6.45, 7) is 9.45. The first-order chi connectivity index (χ1) is 7.11. The van der Waals surface area contributed by atoms with Gasteiger partial charge in [0.2, 0.25) is 0 Å². The van der Waals surface area contributed by atoms with Crippen LogP contribution >= 0.6 is 0 Å². The summed E-state index contributed by atoms with van der Waals surface area (Å²) in [5.74, 6) is 0. The van der Waals surface area contributed by atoms with E-state index in [0.29, 0.717) is 12.2 Å². The van der Waals surface area contributed by atoms with Gasteiger partial charge in [-0.05, 0) is 39.7 Å². The summed E-state index contributed by atoms with van der Waals surface area (Å²) in [5.41, 5.74) is 0. The molecule has 1 aliphatic rings. The van der Waals surface area contributed by atoms with Crippen molar-refractivity contribution >= 4 is 0 Å². The smallest absolute Gasteiger partial charge is 0.0678 e. The molecule has 0 spiro atoms. The van der Waals surface area contributed by atoms with Crippen molar-refractivity contribution in [2.75, 3.05) is 19.6 Å². The van der Waals surface area contributed by atoms with E-state index in [1.807, 2.05) is 6.92 Å². The van der Waals surface area contributed by atoms with Crippen LogP contribution in [0, 0.1) is 0 Å². The molecule has 0 aromatic rings. The van der Waals surface area contributed by atoms with Crippen LogP contribution in [0.15, 0.2) is 0 Å². The van der Waals surface area contributed by atoms with Gasteiger partial charge in [-0.25, -0.2) is 0 Å². The van der Waals surface area contributed by atoms with Crippen molar-refractivity contribution in [3.63, 3.8) is 0 Å². The average Bonchev–Trinajstić information content (AvgIpc) is 2.16. The molecule has 0 aliphatic carbocycles. The Labute approximate surface area is 93.4 Å². The molecule has 0 bridgehead atoms. The Morgan fingerprint density at radius 1 is 1.33 bits per heavy atom. The van der Waals surface area contributed by atoms with Crippen LogP contribution in [0.3, 0.4) is 0 Å². The van der Waals surface area contributed by atoms with Gasteiger partial charge in [-0.15, -0.1) is 0 Å². The second kappa shape index (κ2) is 6.46. The summed E-state index contributed by atoms with van der Waals surface area (Å²) in [7, 11) is 0. The largest absolute Gasteiger partial charge is 0.393 e. The van der Waals surface area contributed by atoms with Gasteiger partial charge < -0.3 is 9.84 Å². The quantitative estimate of drug-likeness (QED) is 0.757. The van der Waals surface area contributed by atoms with Crippen LogP contribution in [0.2, 0.25) is 0 Å². The molecule has 3 unspecified atom stereocenters. The Balaban J connectivity index is 2.15. The van der Waals surface area contributed by atoms with Crippen LogP contribution in [0.5, 0.6) is 0 Å². The lowest BCUT2D eigenvalue weighted by Gasteiger charge is -2.35. The monoisotopic (exact) mass is 215 g/mol. The summed E-state index contributed by atoms with van der Waals surface area (Å²) in [6, 6.07) is 0. The van der Waals surface area contributed by atoms with Crippen LogP contribution in [0.1, 0.15) is 40.0 Å². The molecule has 3 nitrogen and oxygen atoms in total. The molecule has 1 rings (SSSR count). The molecule has 0 amide bonds. The van der Waals surface area contributed by atoms with Crippen molar-refractivity contribution in [1.29, 1.82) is 0 Å². The third-order valence-corrected chi connectivity index (χ3v) is 2.98. The SMILES string of the molecule is CCC(O)CCCN1CC(C)OC(C)C1. The molecule has 0 aromatic carbocycles. The van der Waals surface area contributed by atoms with Crippen LogP contribution in [0.4, 0.5) is 0 Å². The second-order valence-electron chi connectivity index (χ2n) is 4.72. The molecule has 15 heavy (non-hydrogen) atoms. The molecule has 1 saturated heterocycles. The third-order valence-electron chi connectivity index (χ3n) is 2.98. The predicted octanol–water partition coefficient (Wildman–Crippen LogP) is 1.65. The van der Waals surface area contributed by atoms with Gasteiger partial charge in [0.05, 0.1) is 18.3 Å². The standard InChI is InChI=1S/C12H25NO2/c1-4-12(14)6-5-7-13-8-10(2)15-11(3)9-13/h10-12,14H,4-9H2,1-3H3. The topological polar surface area (TPSA) is 32.7 Å². The Morgan fingerprint density at radius 3 is 2.47 bits per heavy atom. The van der Waals surface area contributed by atoms with Crippen LogP contribution in [0.25, 0.3) is 0 Å². The van der Waals surface area contributed by atoms with Crippen molar-refractivity contribution < 1.29 is 9.84 Å². The highest BCUT2D eigenvalue weighted by molar-refractivity contribution is 4.73. The van der Waals surface area contributed by atoms with Gasteiger partial charge in [-0.3, -0.25) is 4.90 Å². The van der Waals surface area contributed by atoms with E-state index < -0.39 is 0 Å². The van der Waals surface area contributed by atoms with E-state index in [1.54, 1.807) is 0 Å². The number of aliphatic hydroxyl groups is 1. The molecule has 1 aliphatic heterocycles. The van der Waals surface area contributed by atoms with Gasteiger partial charge in [-0.2, -0.15) is 0 Å². The lowest BCUT2D eigenvalue weighted by atomic mass is 10.1. The molecule has 1 heterocycles. The van der Waals surface area contributed by atoms with Crippen molar-refractivity contribution in [2.45, 2.75) is 58.3 Å². The molecular formula is C12H25NO2. The Morgan fingerprint density at radius 2 is 1.93 bits per heavy atom. The molecular weight excluding hydrogens is 190 g/mol. The normalized spacial score (nSPS) is 30.4. The van der Waals surface area contributed by atoms with Gasteiger partial charge in [0.15, 0.2) is 0 Å². The number of morpholine rings is 1. The maximum Gasteiger partial charge on any atom is 0.0678 e. The van der Waals surface area contributed by atoms with Gasteiger partial charge >= 0.3 is 0 Å². The fourth-order valence-corrected chi connectivity index (χ4v) is 2.22. The van der Waals surface area contributed by atoms with Crippen molar-refractivity contribution in [1.82, 2.24) is 4.90 Å². The van der Waals surface area contributed by atoms with E-state index in [4.69, 9.17) is 4.74 Å². The van der Waals surface area contributed by atoms with E-state index in [2.05, 4.69) is 18.7 Å². The minimum Gasteiger partial charge on any atom is -0.393 e. The Bertz CT molecular complexity index is 165. The van der Waals surface area contributed by atoms with E-state index >= 15 is 0 Å². The first-order valence-corrected chi connectivity index (χ1v) is 6.17. The summed E-state index contributed by atoms with van der Waals surface area (Å²) < 4.78 is 5.67. The first kappa shape index (κ1) is 12.9. The zero-order valence-electron chi connectivity index (χ0n) is 10.3. The lowest BCUT2D eigenvalue weighted by Crippen LogP contribution is -2.45. The molecule has 0 aromatic heterocycles. The van der Waals surface area contributed by atoms with E-state index in [0.717, 1.165) is 38.9 Å². The minimum absolute atomic E-state index is 0.110. The molecule has 90 valence electrons. The maximum absolute atomic E-state index is 9.45. The summed E-state index contributed by atoms with van der Waals surface area (Å²) in [5, 5.41) is 9.45. The number of rotatable bonds is 5. The van der Waals surface area contributed by atoms with E-state index in [9.17, 15) is 5.11 Å². The zero-order chi connectivity index (χ0) is 11.3. The minimum atomic E-state index is -0.110. The fourth-order valence-electron chi connectivity index (χ4n) is 2.22. The number of ether oxygens (including phenoxy) is 1. The molecule has 3 atom stereocenters. The highest BCUT2D eigenvalue weighted by atomic mass is 16.5. The number of hydrogen-bond acceptors (Lipinski definition) is 3. The van der Waals surface area contributed by atoms with Crippen molar-refractivity contribution in [3.8, 4) is 0 Å². The highest BCUT2D eigenvalue weighted by Crippen LogP contribution is 2.12. The van der Waals surface area contributed by atoms with Gasteiger partial charge in [0.25, 0.3) is 0 Å². The van der Waals surface area contributed by atoms with Crippen LogP contribution in [-0.2, 0) is 4.74 Å². The summed E-state index contributed by atoms with van der Waals surface area (Å²) in [4.78, 5) is 2.45. The van der Waals surface area contributed by atoms with E-state index in [-0.39, 0.29) is 6.10 Å². The first-order valence-electron chi connectivity index (χ1n) is 6.17. The molecule has 0 radical (unpaired) electrons. The summed E-state index contributed by atoms with van der Waals surface area (Å²) in [6.07, 6.45) is 3.48. The maximum atomic E-state index is 9.45. The van der Waals surface area contributed by atoms with E-state index in [1.165, 1.54) is 0 Å². The molecule has 1 fully saturated rings. The predicted molar refractivity (Wildman–Crippen MR) is 62.0 cm³/mol. The van der Waals surface area contributed by atoms with Crippen LogP contribution in [-0.4, -0.2) is 48.0 Å². The van der Waals surface area contributed by atoms with Gasteiger partial charge in [0, 0.05) is 13.1 Å². The Kier molecular flexibility index (Phi) is 5.58. The summed E-state index contributed by atoms with van der Waals surface area (Å²) >= 11 is 0. The number of nitrogens with zero attached hydrogens (tertiary/aromatic N) is 1. The lowest BCUT2D eigenvalue weighted by molar-refractivity contribution is -0.0686. The van der Waals surface area contributed by atoms with Crippen molar-refractivity contribution in [3.05, 3.63) is 0 Å². The van der Waals surface area contributed by atoms with Crippen molar-refractivity contribution in [2.24, 2.45) is 0 Å². The zero-order valence-corrected chi connectivity index (χ0v) is 10.3. The fraction of sp³-hybridized carbons (Fsp3) is 1.00. The second-order valence-corrected chi connectivity index (χ2v) is 4.72. The average molecular weight is 215 g/mol. The van der Waals surface area contributed by atoms with Crippen LogP contribution < -0.4 is 0 Å². The number of hydrogen-bond donors (Lipinski definition) is 1. The Hall–Kier alpha value is -0.120. The molecule has 1 N–H and O–H groups in total. The third kappa shape index (κ3) is 4.96. The van der Waals surface area contributed by atoms with Gasteiger partial charge in [-0.1, -0.05) is 6.92 Å². The molecule has 0 saturated carbocycles.